The van der Waals surface area contributed by atoms with E-state index in [0.29, 0.717) is 18.0 Å². The van der Waals surface area contributed by atoms with Crippen LogP contribution in [0.1, 0.15) is 48.5 Å². The Bertz CT molecular complexity index is 822. The molecule has 2 aromatic rings. The lowest BCUT2D eigenvalue weighted by molar-refractivity contribution is 0.0788. The normalized spacial score (nSPS) is 21.0. The Labute approximate surface area is 152 Å². The first kappa shape index (κ1) is 18.0. The molecule has 1 unspecified atom stereocenters. The summed E-state index contributed by atoms with van der Waals surface area (Å²) in [6.45, 7) is 2.12. The van der Waals surface area contributed by atoms with Gasteiger partial charge in [-0.2, -0.15) is 0 Å². The Morgan fingerprint density at radius 1 is 1.24 bits per heavy atom. The Kier molecular flexibility index (Phi) is 5.20. The average molecular weight is 365 g/mol. The van der Waals surface area contributed by atoms with E-state index in [1.165, 1.54) is 12.8 Å². The zero-order valence-corrected chi connectivity index (χ0v) is 15.1. The van der Waals surface area contributed by atoms with Gasteiger partial charge >= 0.3 is 5.69 Å². The van der Waals surface area contributed by atoms with Crippen molar-refractivity contribution in [1.29, 1.82) is 0 Å². The number of nitrogens with zero attached hydrogens (tertiary/aromatic N) is 2. The van der Waals surface area contributed by atoms with Crippen molar-refractivity contribution in [1.82, 2.24) is 14.5 Å². The summed E-state index contributed by atoms with van der Waals surface area (Å²) in [5.74, 6) is 0.434. The minimum Gasteiger partial charge on any atom is -0.338 e. The highest BCUT2D eigenvalue weighted by atomic mass is 35.5. The van der Waals surface area contributed by atoms with Crippen LogP contribution in [-0.4, -0.2) is 40.0 Å². The van der Waals surface area contributed by atoms with Crippen molar-refractivity contribution >= 4 is 29.3 Å². The van der Waals surface area contributed by atoms with Crippen LogP contribution in [0.2, 0.25) is 0 Å². The van der Waals surface area contributed by atoms with Crippen molar-refractivity contribution in [2.45, 2.75) is 38.1 Å². The number of nitrogens with two attached hydrogens (primary N) is 1. The first-order valence-electron chi connectivity index (χ1n) is 8.91. The van der Waals surface area contributed by atoms with Gasteiger partial charge in [0.15, 0.2) is 0 Å². The molecule has 0 radical (unpaired) electrons. The number of aromatic nitrogens is 2. The highest BCUT2D eigenvalue weighted by Gasteiger charge is 2.27. The third-order valence-electron chi connectivity index (χ3n) is 5.56. The van der Waals surface area contributed by atoms with Gasteiger partial charge in [-0.05, 0) is 49.9 Å². The molecule has 1 aliphatic carbocycles. The fraction of sp³-hybridized carbons (Fsp3) is 0.556. The maximum absolute atomic E-state index is 12.7. The number of benzene rings is 1. The number of nitrogens with one attached hydrogen (secondary N) is 1. The molecule has 0 bridgehead atoms. The van der Waals surface area contributed by atoms with Crippen LogP contribution in [0.4, 0.5) is 0 Å². The van der Waals surface area contributed by atoms with Crippen LogP contribution in [0, 0.1) is 5.92 Å². The molecule has 6 nitrogen and oxygen atoms in total. The van der Waals surface area contributed by atoms with Gasteiger partial charge in [-0.15, -0.1) is 12.4 Å². The summed E-state index contributed by atoms with van der Waals surface area (Å²) < 4.78 is 1.87. The predicted molar refractivity (Wildman–Crippen MR) is 100 cm³/mol. The number of aromatic amines is 1. The molecule has 1 aromatic carbocycles. The average Bonchev–Trinajstić information content (AvgIpc) is 3.31. The molecule has 7 heteroatoms. The summed E-state index contributed by atoms with van der Waals surface area (Å²) >= 11 is 0. The van der Waals surface area contributed by atoms with E-state index in [4.69, 9.17) is 5.73 Å². The number of carbonyl (C=O) groups is 1. The summed E-state index contributed by atoms with van der Waals surface area (Å²) in [6.07, 6.45) is 5.44. The lowest BCUT2D eigenvalue weighted by Crippen LogP contribution is -2.29. The van der Waals surface area contributed by atoms with Gasteiger partial charge in [0.05, 0.1) is 11.0 Å². The number of hydrogen-bond acceptors (Lipinski definition) is 3. The molecule has 1 saturated carbocycles. The molecule has 1 aliphatic heterocycles. The van der Waals surface area contributed by atoms with Crippen molar-refractivity contribution in [2.75, 3.05) is 19.6 Å². The Balaban J connectivity index is 0.00000182. The second kappa shape index (κ2) is 7.22. The van der Waals surface area contributed by atoms with Gasteiger partial charge in [0.1, 0.15) is 0 Å². The molecule has 0 spiro atoms. The molecule has 1 atom stereocenters. The Morgan fingerprint density at radius 2 is 2.00 bits per heavy atom. The van der Waals surface area contributed by atoms with E-state index in [1.54, 1.807) is 0 Å². The van der Waals surface area contributed by atoms with Gasteiger partial charge in [0, 0.05) is 24.7 Å². The maximum atomic E-state index is 12.7. The number of likely N-dealkylation sites (tertiary alicyclic amines) is 1. The third kappa shape index (κ3) is 3.20. The molecule has 1 amide bonds. The van der Waals surface area contributed by atoms with Crippen LogP contribution in [0.25, 0.3) is 11.0 Å². The number of carbonyl (C=O) groups excluding carboxylic acids is 1. The monoisotopic (exact) mass is 364 g/mol. The van der Waals surface area contributed by atoms with Crippen molar-refractivity contribution in [3.05, 3.63) is 34.2 Å². The molecule has 2 heterocycles. The van der Waals surface area contributed by atoms with Crippen molar-refractivity contribution in [2.24, 2.45) is 11.7 Å². The lowest BCUT2D eigenvalue weighted by Gasteiger charge is -2.16. The number of fused-ring (bicyclic) bond motifs is 1. The zero-order valence-electron chi connectivity index (χ0n) is 14.2. The highest BCUT2D eigenvalue weighted by Crippen LogP contribution is 2.31. The van der Waals surface area contributed by atoms with Gasteiger partial charge in [0.2, 0.25) is 0 Å². The number of imidazole rings is 1. The molecule has 136 valence electrons. The SMILES string of the molecule is Cl.NCC1CCN(C(=O)c2ccc3c(c2)[nH]c(=O)n3C2CCCC2)C1. The Morgan fingerprint density at radius 3 is 2.68 bits per heavy atom. The fourth-order valence-electron chi connectivity index (χ4n) is 4.18. The maximum Gasteiger partial charge on any atom is 0.326 e. The van der Waals surface area contributed by atoms with E-state index in [9.17, 15) is 9.59 Å². The first-order valence-corrected chi connectivity index (χ1v) is 8.91. The van der Waals surface area contributed by atoms with Gasteiger partial charge in [-0.1, -0.05) is 12.8 Å². The van der Waals surface area contributed by atoms with Gasteiger partial charge in [-0.25, -0.2) is 4.79 Å². The van der Waals surface area contributed by atoms with Crippen LogP contribution < -0.4 is 11.4 Å². The minimum atomic E-state index is -0.0640. The number of hydrogen-bond donors (Lipinski definition) is 2. The number of rotatable bonds is 3. The lowest BCUT2D eigenvalue weighted by atomic mass is 10.1. The van der Waals surface area contributed by atoms with E-state index in [-0.39, 0.29) is 30.0 Å². The van der Waals surface area contributed by atoms with Crippen LogP contribution in [0.5, 0.6) is 0 Å². The zero-order chi connectivity index (χ0) is 16.7. The van der Waals surface area contributed by atoms with Crippen LogP contribution in [0.15, 0.2) is 23.0 Å². The summed E-state index contributed by atoms with van der Waals surface area (Å²) in [7, 11) is 0. The summed E-state index contributed by atoms with van der Waals surface area (Å²) in [5.41, 5.74) is 7.95. The first-order chi connectivity index (χ1) is 11.7. The predicted octanol–water partition coefficient (Wildman–Crippen LogP) is 2.29. The summed E-state index contributed by atoms with van der Waals surface area (Å²) in [5, 5.41) is 0. The van der Waals surface area contributed by atoms with Crippen molar-refractivity contribution < 1.29 is 4.79 Å². The molecule has 3 N–H and O–H groups in total. The van der Waals surface area contributed by atoms with E-state index in [1.807, 2.05) is 27.7 Å². The van der Waals surface area contributed by atoms with Gasteiger partial charge < -0.3 is 15.6 Å². The van der Waals surface area contributed by atoms with Crippen molar-refractivity contribution in [3.63, 3.8) is 0 Å². The van der Waals surface area contributed by atoms with Crippen LogP contribution in [-0.2, 0) is 0 Å². The largest absolute Gasteiger partial charge is 0.338 e. The second-order valence-electron chi connectivity index (χ2n) is 7.11. The molecular weight excluding hydrogens is 340 g/mol. The number of H-pyrrole nitrogens is 1. The molecule has 2 aliphatic rings. The summed E-state index contributed by atoms with van der Waals surface area (Å²) in [6, 6.07) is 5.87. The van der Waals surface area contributed by atoms with E-state index in [2.05, 4.69) is 4.98 Å². The molecule has 25 heavy (non-hydrogen) atoms. The molecule has 4 rings (SSSR count). The molecular formula is C18H25ClN4O2. The molecule has 1 saturated heterocycles. The molecule has 2 fully saturated rings. The highest BCUT2D eigenvalue weighted by molar-refractivity contribution is 5.97. The third-order valence-corrected chi connectivity index (χ3v) is 5.56. The smallest absolute Gasteiger partial charge is 0.326 e. The Hall–Kier alpha value is -1.79. The molecule has 1 aromatic heterocycles. The van der Waals surface area contributed by atoms with E-state index >= 15 is 0 Å². The standard InChI is InChI=1S/C18H24N4O2.ClH/c19-10-12-7-8-21(11-12)17(23)13-5-6-16-15(9-13)20-18(24)22(16)14-3-1-2-4-14;/h5-6,9,12,14H,1-4,7-8,10-11,19H2,(H,20,24);1H. The quantitative estimate of drug-likeness (QED) is 0.876. The van der Waals surface area contributed by atoms with Crippen LogP contribution >= 0.6 is 12.4 Å². The topological polar surface area (TPSA) is 84.1 Å². The second-order valence-corrected chi connectivity index (χ2v) is 7.11. The number of amides is 1. The van der Waals surface area contributed by atoms with E-state index < -0.39 is 0 Å². The fourth-order valence-corrected chi connectivity index (χ4v) is 4.18. The van der Waals surface area contributed by atoms with E-state index in [0.717, 1.165) is 43.4 Å². The number of halogens is 1. The summed E-state index contributed by atoms with van der Waals surface area (Å²) in [4.78, 5) is 29.8. The van der Waals surface area contributed by atoms with Gasteiger partial charge in [0.25, 0.3) is 5.91 Å². The van der Waals surface area contributed by atoms with Crippen LogP contribution in [0.3, 0.4) is 0 Å². The van der Waals surface area contributed by atoms with Crippen molar-refractivity contribution in [3.8, 4) is 0 Å². The minimum absolute atomic E-state index is 0. The van der Waals surface area contributed by atoms with Gasteiger partial charge in [-0.3, -0.25) is 9.36 Å².